The van der Waals surface area contributed by atoms with Gasteiger partial charge < -0.3 is 4.98 Å². The van der Waals surface area contributed by atoms with Crippen LogP contribution in [0.2, 0.25) is 0 Å². The van der Waals surface area contributed by atoms with Crippen LogP contribution in [0.3, 0.4) is 0 Å². The molecule has 0 radical (unpaired) electrons. The van der Waals surface area contributed by atoms with Crippen LogP contribution < -0.4 is 5.56 Å². The van der Waals surface area contributed by atoms with Crippen molar-refractivity contribution in [3.05, 3.63) is 68.6 Å². The van der Waals surface area contributed by atoms with Gasteiger partial charge in [0, 0.05) is 5.69 Å². The van der Waals surface area contributed by atoms with Gasteiger partial charge in [-0.25, -0.2) is 0 Å². The number of aromatic nitrogens is 1. The van der Waals surface area contributed by atoms with Gasteiger partial charge in [0.05, 0.1) is 0 Å². The summed E-state index contributed by atoms with van der Waals surface area (Å²) in [7, 11) is 0. The molecule has 0 fully saturated rings. The molecule has 96 valence electrons. The molecular weight excluding hydrogens is 236 g/mol. The molecule has 0 aliphatic rings. The van der Waals surface area contributed by atoms with Crippen LogP contribution in [0.4, 0.5) is 0 Å². The van der Waals surface area contributed by atoms with E-state index in [0.717, 1.165) is 17.7 Å². The Labute approximate surface area is 112 Å². The maximum Gasteiger partial charge on any atom is 0.266 e. The SMILES string of the molecule is Cc1cc(CCc2ccccc2C)c(C#N)c(=O)[nH]1. The molecule has 2 aromatic rings. The zero-order valence-electron chi connectivity index (χ0n) is 11.2. The lowest BCUT2D eigenvalue weighted by molar-refractivity contribution is 0.928. The highest BCUT2D eigenvalue weighted by Crippen LogP contribution is 2.13. The lowest BCUT2D eigenvalue weighted by Gasteiger charge is -2.07. The Hall–Kier alpha value is -2.34. The van der Waals surface area contributed by atoms with Gasteiger partial charge in [0.25, 0.3) is 5.56 Å². The quantitative estimate of drug-likeness (QED) is 0.913. The van der Waals surface area contributed by atoms with Gasteiger partial charge in [-0.2, -0.15) is 5.26 Å². The Morgan fingerprint density at radius 1 is 1.16 bits per heavy atom. The Bertz CT molecular complexity index is 693. The monoisotopic (exact) mass is 252 g/mol. The van der Waals surface area contributed by atoms with Crippen LogP contribution in [0.25, 0.3) is 0 Å². The Morgan fingerprint density at radius 2 is 1.84 bits per heavy atom. The third-order valence-corrected chi connectivity index (χ3v) is 3.29. The van der Waals surface area contributed by atoms with Gasteiger partial charge in [-0.3, -0.25) is 4.79 Å². The van der Waals surface area contributed by atoms with Gasteiger partial charge >= 0.3 is 0 Å². The highest BCUT2D eigenvalue weighted by molar-refractivity contribution is 5.37. The predicted octanol–water partition coefficient (Wildman–Crippen LogP) is 2.65. The number of nitrogens with zero attached hydrogens (tertiary/aromatic N) is 1. The second kappa shape index (κ2) is 5.53. The zero-order valence-corrected chi connectivity index (χ0v) is 11.2. The first-order chi connectivity index (χ1) is 9.11. The van der Waals surface area contributed by atoms with Gasteiger partial charge in [0.15, 0.2) is 0 Å². The summed E-state index contributed by atoms with van der Waals surface area (Å²) in [6.07, 6.45) is 1.54. The molecular formula is C16H16N2O. The van der Waals surface area contributed by atoms with Crippen molar-refractivity contribution >= 4 is 0 Å². The fourth-order valence-corrected chi connectivity index (χ4v) is 2.24. The molecule has 3 nitrogen and oxygen atoms in total. The number of aromatic amines is 1. The number of hydrogen-bond acceptors (Lipinski definition) is 2. The van der Waals surface area contributed by atoms with Crippen molar-refractivity contribution in [1.82, 2.24) is 4.98 Å². The van der Waals surface area contributed by atoms with Gasteiger partial charge in [-0.15, -0.1) is 0 Å². The molecule has 19 heavy (non-hydrogen) atoms. The average molecular weight is 252 g/mol. The van der Waals surface area contributed by atoms with E-state index in [4.69, 9.17) is 5.26 Å². The Balaban J connectivity index is 2.28. The van der Waals surface area contributed by atoms with Crippen LogP contribution in [0.5, 0.6) is 0 Å². The molecule has 1 aromatic carbocycles. The topological polar surface area (TPSA) is 56.6 Å². The standard InChI is InChI=1S/C16H16N2O/c1-11-5-3-4-6-13(11)7-8-14-9-12(2)18-16(19)15(14)10-17/h3-6,9H,7-8H2,1-2H3,(H,18,19). The summed E-state index contributed by atoms with van der Waals surface area (Å²) in [5.41, 5.74) is 4.06. The number of nitriles is 1. The maximum absolute atomic E-state index is 11.7. The summed E-state index contributed by atoms with van der Waals surface area (Å²) >= 11 is 0. The molecule has 1 N–H and O–H groups in total. The number of hydrogen-bond donors (Lipinski definition) is 1. The number of rotatable bonds is 3. The first-order valence-corrected chi connectivity index (χ1v) is 6.29. The minimum Gasteiger partial charge on any atom is -0.325 e. The van der Waals surface area contributed by atoms with Crippen molar-refractivity contribution in [2.45, 2.75) is 26.7 Å². The molecule has 0 aliphatic heterocycles. The van der Waals surface area contributed by atoms with Crippen LogP contribution in [0, 0.1) is 25.2 Å². The minimum absolute atomic E-state index is 0.235. The molecule has 0 saturated carbocycles. The summed E-state index contributed by atoms with van der Waals surface area (Å²) in [5.74, 6) is 0. The number of H-pyrrole nitrogens is 1. The molecule has 3 heteroatoms. The first-order valence-electron chi connectivity index (χ1n) is 6.29. The molecule has 2 rings (SSSR count). The highest BCUT2D eigenvalue weighted by Gasteiger charge is 2.08. The molecule has 1 aromatic heterocycles. The van der Waals surface area contributed by atoms with E-state index in [9.17, 15) is 4.79 Å². The third-order valence-electron chi connectivity index (χ3n) is 3.29. The molecule has 0 amide bonds. The minimum atomic E-state index is -0.290. The number of nitrogens with one attached hydrogen (secondary N) is 1. The van der Waals surface area contributed by atoms with Crippen LogP contribution in [0.1, 0.15) is 27.9 Å². The second-order valence-corrected chi connectivity index (χ2v) is 4.72. The van der Waals surface area contributed by atoms with Crippen molar-refractivity contribution in [2.24, 2.45) is 0 Å². The van der Waals surface area contributed by atoms with E-state index in [1.165, 1.54) is 11.1 Å². The van der Waals surface area contributed by atoms with Gasteiger partial charge in [-0.05, 0) is 49.4 Å². The zero-order chi connectivity index (χ0) is 13.8. The van der Waals surface area contributed by atoms with Crippen molar-refractivity contribution in [3.63, 3.8) is 0 Å². The molecule has 1 heterocycles. The van der Waals surface area contributed by atoms with E-state index in [1.54, 1.807) is 0 Å². The van der Waals surface area contributed by atoms with E-state index >= 15 is 0 Å². The van der Waals surface area contributed by atoms with Crippen molar-refractivity contribution in [3.8, 4) is 6.07 Å². The van der Waals surface area contributed by atoms with Crippen LogP contribution in [-0.4, -0.2) is 4.98 Å². The van der Waals surface area contributed by atoms with Crippen molar-refractivity contribution in [2.75, 3.05) is 0 Å². The lowest BCUT2D eigenvalue weighted by Crippen LogP contribution is -2.15. The van der Waals surface area contributed by atoms with E-state index in [2.05, 4.69) is 24.0 Å². The Morgan fingerprint density at radius 3 is 2.53 bits per heavy atom. The predicted molar refractivity (Wildman–Crippen MR) is 75.1 cm³/mol. The number of benzene rings is 1. The van der Waals surface area contributed by atoms with E-state index in [0.29, 0.717) is 6.42 Å². The van der Waals surface area contributed by atoms with Crippen LogP contribution in [0.15, 0.2) is 35.1 Å². The summed E-state index contributed by atoms with van der Waals surface area (Å²) in [6.45, 7) is 3.91. The Kier molecular flexibility index (Phi) is 3.82. The van der Waals surface area contributed by atoms with Crippen molar-refractivity contribution < 1.29 is 0 Å². The molecule has 0 atom stereocenters. The second-order valence-electron chi connectivity index (χ2n) is 4.72. The fraction of sp³-hybridized carbons (Fsp3) is 0.250. The third kappa shape index (κ3) is 2.92. The normalized spacial score (nSPS) is 10.2. The van der Waals surface area contributed by atoms with E-state index in [-0.39, 0.29) is 11.1 Å². The highest BCUT2D eigenvalue weighted by atomic mass is 16.1. The molecule has 0 saturated heterocycles. The largest absolute Gasteiger partial charge is 0.325 e. The van der Waals surface area contributed by atoms with Gasteiger partial charge in [-0.1, -0.05) is 24.3 Å². The van der Waals surface area contributed by atoms with Crippen LogP contribution in [-0.2, 0) is 12.8 Å². The van der Waals surface area contributed by atoms with Crippen molar-refractivity contribution in [1.29, 1.82) is 5.26 Å². The summed E-state index contributed by atoms with van der Waals surface area (Å²) in [6, 6.07) is 12.1. The van der Waals surface area contributed by atoms with Gasteiger partial charge in [0.1, 0.15) is 11.6 Å². The summed E-state index contributed by atoms with van der Waals surface area (Å²) < 4.78 is 0. The summed E-state index contributed by atoms with van der Waals surface area (Å²) in [4.78, 5) is 14.4. The smallest absolute Gasteiger partial charge is 0.266 e. The molecule has 0 aliphatic carbocycles. The fourth-order valence-electron chi connectivity index (χ4n) is 2.24. The molecule has 0 unspecified atom stereocenters. The van der Waals surface area contributed by atoms with E-state index in [1.807, 2.05) is 31.2 Å². The first kappa shape index (κ1) is 13.1. The van der Waals surface area contributed by atoms with E-state index < -0.39 is 0 Å². The van der Waals surface area contributed by atoms with Crippen LogP contribution >= 0.6 is 0 Å². The average Bonchev–Trinajstić information content (AvgIpc) is 2.37. The lowest BCUT2D eigenvalue weighted by atomic mass is 9.98. The summed E-state index contributed by atoms with van der Waals surface area (Å²) in [5, 5.41) is 9.07. The molecule has 0 bridgehead atoms. The number of aryl methyl sites for hydroxylation is 4. The van der Waals surface area contributed by atoms with Gasteiger partial charge in [0.2, 0.25) is 0 Å². The maximum atomic E-state index is 11.7. The molecule has 0 spiro atoms. The number of pyridine rings is 1.